The molecule has 0 amide bonds. The van der Waals surface area contributed by atoms with Gasteiger partial charge in [0.05, 0.1) is 6.07 Å². The molecule has 3 heteroatoms. The second kappa shape index (κ2) is 5.84. The molecule has 1 saturated carbocycles. The molecule has 1 N–H and O–H groups in total. The summed E-state index contributed by atoms with van der Waals surface area (Å²) in [5, 5.41) is 12.3. The lowest BCUT2D eigenvalue weighted by atomic mass is 9.94. The molecule has 1 heterocycles. The van der Waals surface area contributed by atoms with Crippen LogP contribution in [0.15, 0.2) is 0 Å². The van der Waals surface area contributed by atoms with Gasteiger partial charge in [0.15, 0.2) is 0 Å². The smallest absolute Gasteiger partial charge is 0.0628 e. The van der Waals surface area contributed by atoms with Gasteiger partial charge in [-0.2, -0.15) is 5.26 Å². The van der Waals surface area contributed by atoms with Crippen molar-refractivity contribution in [2.75, 3.05) is 33.2 Å². The minimum absolute atomic E-state index is 0.363. The monoisotopic (exact) mass is 235 g/mol. The predicted molar refractivity (Wildman–Crippen MR) is 69.6 cm³/mol. The van der Waals surface area contributed by atoms with Crippen LogP contribution in [0.25, 0.3) is 0 Å². The molecule has 17 heavy (non-hydrogen) atoms. The van der Waals surface area contributed by atoms with Crippen LogP contribution < -0.4 is 5.32 Å². The average molecular weight is 235 g/mol. The maximum atomic E-state index is 8.74. The van der Waals surface area contributed by atoms with Crippen molar-refractivity contribution in [1.82, 2.24) is 10.2 Å². The molecule has 0 aromatic carbocycles. The van der Waals surface area contributed by atoms with Gasteiger partial charge >= 0.3 is 0 Å². The first-order valence-corrected chi connectivity index (χ1v) is 7.00. The van der Waals surface area contributed by atoms with Crippen LogP contribution in [-0.2, 0) is 0 Å². The third-order valence-electron chi connectivity index (χ3n) is 4.48. The second-order valence-corrected chi connectivity index (χ2v) is 6.05. The van der Waals surface area contributed by atoms with Gasteiger partial charge < -0.3 is 10.2 Å². The fraction of sp³-hybridized carbons (Fsp3) is 0.929. The molecule has 0 atom stereocenters. The molecule has 1 saturated heterocycles. The van der Waals surface area contributed by atoms with Crippen LogP contribution in [0.2, 0.25) is 0 Å². The van der Waals surface area contributed by atoms with E-state index in [4.69, 9.17) is 5.26 Å². The molecule has 1 aliphatic heterocycles. The summed E-state index contributed by atoms with van der Waals surface area (Å²) in [5.74, 6) is 0.921. The zero-order chi connectivity index (χ0) is 12.1. The van der Waals surface area contributed by atoms with Crippen LogP contribution >= 0.6 is 0 Å². The van der Waals surface area contributed by atoms with Gasteiger partial charge in [0.25, 0.3) is 0 Å². The van der Waals surface area contributed by atoms with Crippen LogP contribution in [0.1, 0.15) is 38.5 Å². The van der Waals surface area contributed by atoms with Crippen molar-refractivity contribution in [3.05, 3.63) is 0 Å². The van der Waals surface area contributed by atoms with E-state index < -0.39 is 0 Å². The zero-order valence-corrected chi connectivity index (χ0v) is 11.0. The zero-order valence-electron chi connectivity index (χ0n) is 11.0. The first-order valence-electron chi connectivity index (χ1n) is 7.00. The summed E-state index contributed by atoms with van der Waals surface area (Å²) < 4.78 is 0. The Labute approximate surface area is 105 Å². The Kier molecular flexibility index (Phi) is 4.42. The minimum Gasteiger partial charge on any atom is -0.316 e. The topological polar surface area (TPSA) is 39.1 Å². The van der Waals surface area contributed by atoms with Crippen LogP contribution in [0.5, 0.6) is 0 Å². The normalized spacial score (nSPS) is 24.5. The molecule has 0 radical (unpaired) electrons. The Balaban J connectivity index is 1.53. The number of hydrogen-bond donors (Lipinski definition) is 1. The highest BCUT2D eigenvalue weighted by atomic mass is 15.1. The van der Waals surface area contributed by atoms with E-state index in [9.17, 15) is 0 Å². The highest BCUT2D eigenvalue weighted by Crippen LogP contribution is 2.47. The molecule has 96 valence electrons. The third-order valence-corrected chi connectivity index (χ3v) is 4.48. The van der Waals surface area contributed by atoms with Gasteiger partial charge in [-0.3, -0.25) is 0 Å². The molecule has 2 fully saturated rings. The molecule has 0 aromatic heterocycles. The molecular formula is C14H25N3. The summed E-state index contributed by atoms with van der Waals surface area (Å²) in [6.45, 7) is 4.74. The summed E-state index contributed by atoms with van der Waals surface area (Å²) >= 11 is 0. The lowest BCUT2D eigenvalue weighted by Crippen LogP contribution is -2.32. The first-order chi connectivity index (χ1) is 8.24. The molecule has 2 aliphatic rings. The molecule has 0 aromatic rings. The number of likely N-dealkylation sites (tertiary alicyclic amines) is 1. The molecule has 3 nitrogen and oxygen atoms in total. The van der Waals surface area contributed by atoms with Crippen molar-refractivity contribution in [1.29, 1.82) is 5.26 Å². The number of hydrogen-bond acceptors (Lipinski definition) is 3. The number of rotatable bonds is 6. The maximum absolute atomic E-state index is 8.74. The molecule has 1 aliphatic carbocycles. The van der Waals surface area contributed by atoms with E-state index in [-0.39, 0.29) is 0 Å². The Morgan fingerprint density at radius 2 is 2.06 bits per heavy atom. The van der Waals surface area contributed by atoms with E-state index >= 15 is 0 Å². The predicted octanol–water partition coefficient (Wildman–Crippen LogP) is 2.00. The van der Waals surface area contributed by atoms with Crippen molar-refractivity contribution < 1.29 is 0 Å². The van der Waals surface area contributed by atoms with Gasteiger partial charge in [-0.05, 0) is 70.1 Å². The summed E-state index contributed by atoms with van der Waals surface area (Å²) in [4.78, 5) is 2.43. The van der Waals surface area contributed by atoms with Crippen LogP contribution in [-0.4, -0.2) is 38.1 Å². The van der Waals surface area contributed by atoms with Crippen LogP contribution in [0.3, 0.4) is 0 Å². The number of nitrogens with zero attached hydrogens (tertiary/aromatic N) is 2. The van der Waals surface area contributed by atoms with Crippen molar-refractivity contribution in [3.63, 3.8) is 0 Å². The van der Waals surface area contributed by atoms with Crippen molar-refractivity contribution in [2.24, 2.45) is 11.3 Å². The van der Waals surface area contributed by atoms with Crippen molar-refractivity contribution in [2.45, 2.75) is 38.5 Å². The van der Waals surface area contributed by atoms with Crippen molar-refractivity contribution >= 4 is 0 Å². The van der Waals surface area contributed by atoms with Gasteiger partial charge in [0.1, 0.15) is 0 Å². The van der Waals surface area contributed by atoms with E-state index in [1.165, 1.54) is 45.2 Å². The number of nitriles is 1. The Morgan fingerprint density at radius 1 is 1.35 bits per heavy atom. The van der Waals surface area contributed by atoms with Crippen LogP contribution in [0.4, 0.5) is 0 Å². The average Bonchev–Trinajstić information content (AvgIpc) is 3.08. The lowest BCUT2D eigenvalue weighted by Gasteiger charge is -2.29. The third kappa shape index (κ3) is 3.97. The van der Waals surface area contributed by atoms with Crippen LogP contribution in [0, 0.1) is 22.7 Å². The van der Waals surface area contributed by atoms with E-state index in [2.05, 4.69) is 23.3 Å². The number of nitrogens with one attached hydrogen (secondary N) is 1. The first kappa shape index (κ1) is 12.9. The van der Waals surface area contributed by atoms with Crippen molar-refractivity contribution in [3.8, 4) is 6.07 Å². The molecule has 0 unspecified atom stereocenters. The number of piperidine rings is 1. The fourth-order valence-electron chi connectivity index (χ4n) is 2.77. The lowest BCUT2D eigenvalue weighted by molar-refractivity contribution is 0.211. The van der Waals surface area contributed by atoms with Gasteiger partial charge in [0, 0.05) is 13.0 Å². The maximum Gasteiger partial charge on any atom is 0.0628 e. The summed E-state index contributed by atoms with van der Waals surface area (Å²) in [6.07, 6.45) is 7.29. The Bertz CT molecular complexity index is 270. The SMILES string of the molecule is CN1CCC(CCNCC2(CC#N)CC2)CC1. The van der Waals surface area contributed by atoms with Gasteiger partial charge in [-0.15, -0.1) is 0 Å². The fourth-order valence-corrected chi connectivity index (χ4v) is 2.77. The van der Waals surface area contributed by atoms with E-state index in [1.807, 2.05) is 0 Å². The Morgan fingerprint density at radius 3 is 2.65 bits per heavy atom. The molecular weight excluding hydrogens is 210 g/mol. The van der Waals surface area contributed by atoms with E-state index in [0.29, 0.717) is 5.41 Å². The molecule has 2 rings (SSSR count). The summed E-state index contributed by atoms with van der Waals surface area (Å²) in [6, 6.07) is 2.32. The quantitative estimate of drug-likeness (QED) is 0.716. The molecule has 0 spiro atoms. The highest BCUT2D eigenvalue weighted by molar-refractivity contribution is 5.00. The molecule has 0 bridgehead atoms. The van der Waals surface area contributed by atoms with Gasteiger partial charge in [0.2, 0.25) is 0 Å². The standard InChI is InChI=1S/C14H25N3/c1-17-10-3-13(4-11-17)2-9-16-12-14(5-6-14)7-8-15/h13,16H,2-7,9-12H2,1H3. The largest absolute Gasteiger partial charge is 0.316 e. The minimum atomic E-state index is 0.363. The Hall–Kier alpha value is -0.590. The highest BCUT2D eigenvalue weighted by Gasteiger charge is 2.41. The summed E-state index contributed by atoms with van der Waals surface area (Å²) in [7, 11) is 2.22. The second-order valence-electron chi connectivity index (χ2n) is 6.05. The van der Waals surface area contributed by atoms with Gasteiger partial charge in [-0.1, -0.05) is 0 Å². The van der Waals surface area contributed by atoms with E-state index in [0.717, 1.165) is 25.4 Å². The van der Waals surface area contributed by atoms with Gasteiger partial charge in [-0.25, -0.2) is 0 Å². The van der Waals surface area contributed by atoms with E-state index in [1.54, 1.807) is 0 Å². The summed E-state index contributed by atoms with van der Waals surface area (Å²) in [5.41, 5.74) is 0.363.